The molecule has 1 aromatic rings. The van der Waals surface area contributed by atoms with Crippen molar-refractivity contribution in [1.82, 2.24) is 0 Å². The summed E-state index contributed by atoms with van der Waals surface area (Å²) in [6, 6.07) is 5.68. The van der Waals surface area contributed by atoms with Gasteiger partial charge in [-0.1, -0.05) is 23.7 Å². The Labute approximate surface area is 89.0 Å². The Morgan fingerprint density at radius 1 is 1.57 bits per heavy atom. The van der Waals surface area contributed by atoms with E-state index >= 15 is 0 Å². The number of guanidine groups is 1. The number of benzene rings is 1. The molecule has 1 aromatic carbocycles. The highest BCUT2D eigenvalue weighted by Gasteiger charge is 2.03. The lowest BCUT2D eigenvalue weighted by atomic mass is 10.2. The molecule has 0 atom stereocenters. The number of anilines is 1. The first-order valence-corrected chi connectivity index (χ1v) is 4.85. The maximum Gasteiger partial charge on any atom is 0.193 e. The van der Waals surface area contributed by atoms with Gasteiger partial charge in [0.2, 0.25) is 0 Å². The third kappa shape index (κ3) is 2.64. The largest absolute Gasteiger partial charge is 0.370 e. The number of para-hydroxylation sites is 1. The third-order valence-corrected chi connectivity index (χ3v) is 2.12. The van der Waals surface area contributed by atoms with Gasteiger partial charge in [0.15, 0.2) is 5.96 Å². The van der Waals surface area contributed by atoms with Crippen LogP contribution in [0.5, 0.6) is 0 Å². The van der Waals surface area contributed by atoms with Crippen molar-refractivity contribution >= 4 is 23.2 Å². The van der Waals surface area contributed by atoms with Gasteiger partial charge in [0.25, 0.3) is 0 Å². The number of aryl methyl sites for hydroxylation is 1. The quantitative estimate of drug-likeness (QED) is 0.583. The van der Waals surface area contributed by atoms with Gasteiger partial charge in [0, 0.05) is 6.54 Å². The van der Waals surface area contributed by atoms with Crippen molar-refractivity contribution in [2.75, 3.05) is 11.9 Å². The first kappa shape index (κ1) is 10.9. The molecular weight excluding hydrogens is 198 g/mol. The molecule has 0 fully saturated rings. The zero-order valence-corrected chi connectivity index (χ0v) is 9.10. The van der Waals surface area contributed by atoms with Crippen LogP contribution in [0.4, 0.5) is 5.69 Å². The van der Waals surface area contributed by atoms with Gasteiger partial charge in [-0.3, -0.25) is 4.99 Å². The molecule has 0 aliphatic rings. The van der Waals surface area contributed by atoms with Crippen LogP contribution in [-0.4, -0.2) is 12.5 Å². The molecule has 0 heterocycles. The molecule has 0 unspecified atom stereocenters. The van der Waals surface area contributed by atoms with Crippen molar-refractivity contribution in [3.8, 4) is 0 Å². The topological polar surface area (TPSA) is 50.4 Å². The number of rotatable bonds is 2. The number of nitrogens with two attached hydrogens (primary N) is 1. The van der Waals surface area contributed by atoms with Crippen LogP contribution in [0.15, 0.2) is 23.2 Å². The molecule has 1 rings (SSSR count). The Hall–Kier alpha value is -1.22. The first-order chi connectivity index (χ1) is 6.65. The van der Waals surface area contributed by atoms with Crippen LogP contribution in [0.2, 0.25) is 5.02 Å². The fourth-order valence-electron chi connectivity index (χ4n) is 1.13. The first-order valence-electron chi connectivity index (χ1n) is 4.47. The zero-order chi connectivity index (χ0) is 10.6. The van der Waals surface area contributed by atoms with Crippen LogP contribution in [0, 0.1) is 6.92 Å². The number of halogens is 1. The van der Waals surface area contributed by atoms with Crippen molar-refractivity contribution in [3.05, 3.63) is 28.8 Å². The fraction of sp³-hybridized carbons (Fsp3) is 0.300. The van der Waals surface area contributed by atoms with E-state index in [0.717, 1.165) is 11.3 Å². The Bertz CT molecular complexity index is 327. The second kappa shape index (κ2) is 4.86. The van der Waals surface area contributed by atoms with Gasteiger partial charge in [-0.05, 0) is 25.5 Å². The Morgan fingerprint density at radius 3 is 2.86 bits per heavy atom. The number of nitrogens with zero attached hydrogens (tertiary/aromatic N) is 1. The van der Waals surface area contributed by atoms with Crippen molar-refractivity contribution in [2.45, 2.75) is 13.8 Å². The summed E-state index contributed by atoms with van der Waals surface area (Å²) in [6.07, 6.45) is 0. The lowest BCUT2D eigenvalue weighted by molar-refractivity contribution is 1.12. The highest BCUT2D eigenvalue weighted by atomic mass is 35.5. The summed E-state index contributed by atoms with van der Waals surface area (Å²) in [5.74, 6) is 0.392. The standard InChI is InChI=1S/C10H14ClN3/c1-3-13-10(12)14-9-7(2)5-4-6-8(9)11/h4-6H,3H2,1-2H3,(H3,12,13,14). The molecule has 0 radical (unpaired) electrons. The second-order valence-corrected chi connectivity index (χ2v) is 3.32. The monoisotopic (exact) mass is 211 g/mol. The van der Waals surface area contributed by atoms with Crippen molar-refractivity contribution in [3.63, 3.8) is 0 Å². The highest BCUT2D eigenvalue weighted by Crippen LogP contribution is 2.24. The summed E-state index contributed by atoms with van der Waals surface area (Å²) in [5, 5.41) is 3.63. The van der Waals surface area contributed by atoms with E-state index in [-0.39, 0.29) is 0 Å². The minimum atomic E-state index is 0.392. The maximum atomic E-state index is 6.00. The van der Waals surface area contributed by atoms with Gasteiger partial charge in [-0.2, -0.15) is 0 Å². The maximum absolute atomic E-state index is 6.00. The molecule has 0 saturated heterocycles. The number of hydrogen-bond donors (Lipinski definition) is 2. The van der Waals surface area contributed by atoms with Gasteiger partial charge < -0.3 is 11.1 Å². The van der Waals surface area contributed by atoms with Crippen LogP contribution < -0.4 is 11.1 Å². The molecule has 3 nitrogen and oxygen atoms in total. The van der Waals surface area contributed by atoms with E-state index in [1.807, 2.05) is 32.0 Å². The molecule has 3 N–H and O–H groups in total. The van der Waals surface area contributed by atoms with E-state index in [1.165, 1.54) is 0 Å². The summed E-state index contributed by atoms with van der Waals surface area (Å²) in [7, 11) is 0. The number of nitrogens with one attached hydrogen (secondary N) is 1. The predicted octanol–water partition coefficient (Wildman–Crippen LogP) is 2.39. The number of hydrogen-bond acceptors (Lipinski definition) is 1. The van der Waals surface area contributed by atoms with E-state index in [9.17, 15) is 0 Å². The van der Waals surface area contributed by atoms with E-state index in [4.69, 9.17) is 17.3 Å². The summed E-state index contributed by atoms with van der Waals surface area (Å²) >= 11 is 6.00. The molecular formula is C10H14ClN3. The van der Waals surface area contributed by atoms with E-state index in [1.54, 1.807) is 0 Å². The minimum Gasteiger partial charge on any atom is -0.370 e. The zero-order valence-electron chi connectivity index (χ0n) is 8.34. The van der Waals surface area contributed by atoms with Gasteiger partial charge in [-0.25, -0.2) is 0 Å². The normalized spacial score (nSPS) is 11.5. The molecule has 0 bridgehead atoms. The lowest BCUT2D eigenvalue weighted by Gasteiger charge is -2.10. The van der Waals surface area contributed by atoms with Gasteiger partial charge in [-0.15, -0.1) is 0 Å². The van der Waals surface area contributed by atoms with Gasteiger partial charge >= 0.3 is 0 Å². The molecule has 0 aliphatic heterocycles. The van der Waals surface area contributed by atoms with Crippen molar-refractivity contribution in [1.29, 1.82) is 0 Å². The van der Waals surface area contributed by atoms with Gasteiger partial charge in [0.1, 0.15) is 0 Å². The fourth-order valence-corrected chi connectivity index (χ4v) is 1.40. The average Bonchev–Trinajstić information content (AvgIpc) is 2.12. The Morgan fingerprint density at radius 2 is 2.29 bits per heavy atom. The Kier molecular flexibility index (Phi) is 3.77. The van der Waals surface area contributed by atoms with Crippen LogP contribution in [0.3, 0.4) is 0 Å². The molecule has 0 spiro atoms. The van der Waals surface area contributed by atoms with Gasteiger partial charge in [0.05, 0.1) is 10.7 Å². The molecule has 0 aliphatic carbocycles. The molecule has 0 saturated carbocycles. The second-order valence-electron chi connectivity index (χ2n) is 2.92. The van der Waals surface area contributed by atoms with Crippen LogP contribution in [0.1, 0.15) is 12.5 Å². The Balaban J connectivity index is 2.91. The van der Waals surface area contributed by atoms with E-state index in [2.05, 4.69) is 10.3 Å². The molecule has 0 aromatic heterocycles. The molecule has 14 heavy (non-hydrogen) atoms. The van der Waals surface area contributed by atoms with Crippen LogP contribution >= 0.6 is 11.6 Å². The molecule has 76 valence electrons. The van der Waals surface area contributed by atoms with Crippen LogP contribution in [-0.2, 0) is 0 Å². The van der Waals surface area contributed by atoms with Crippen LogP contribution in [0.25, 0.3) is 0 Å². The molecule has 0 amide bonds. The van der Waals surface area contributed by atoms with E-state index in [0.29, 0.717) is 17.5 Å². The summed E-state index contributed by atoms with van der Waals surface area (Å²) in [5.41, 5.74) is 7.51. The SMILES string of the molecule is CCN=C(N)Nc1c(C)cccc1Cl. The number of aliphatic imine (C=N–C) groups is 1. The van der Waals surface area contributed by atoms with E-state index < -0.39 is 0 Å². The lowest BCUT2D eigenvalue weighted by Crippen LogP contribution is -2.23. The molecule has 4 heteroatoms. The minimum absolute atomic E-state index is 0.392. The average molecular weight is 212 g/mol. The summed E-state index contributed by atoms with van der Waals surface area (Å²) in [6.45, 7) is 4.55. The summed E-state index contributed by atoms with van der Waals surface area (Å²) < 4.78 is 0. The smallest absolute Gasteiger partial charge is 0.193 e. The van der Waals surface area contributed by atoms with Crippen molar-refractivity contribution < 1.29 is 0 Å². The van der Waals surface area contributed by atoms with Crippen molar-refractivity contribution in [2.24, 2.45) is 10.7 Å². The summed E-state index contributed by atoms with van der Waals surface area (Å²) in [4.78, 5) is 4.03. The predicted molar refractivity (Wildman–Crippen MR) is 62.0 cm³/mol. The third-order valence-electron chi connectivity index (χ3n) is 1.80. The highest BCUT2D eigenvalue weighted by molar-refractivity contribution is 6.33.